The predicted molar refractivity (Wildman–Crippen MR) is 168 cm³/mol. The molecule has 0 aliphatic carbocycles. The van der Waals surface area contributed by atoms with Gasteiger partial charge in [-0.2, -0.15) is 0 Å². The van der Waals surface area contributed by atoms with E-state index in [-0.39, 0.29) is 0 Å². The summed E-state index contributed by atoms with van der Waals surface area (Å²) in [6.45, 7) is 9.83. The fourth-order valence-corrected chi connectivity index (χ4v) is 6.28. The third-order valence-electron chi connectivity index (χ3n) is 7.76. The fraction of sp³-hybridized carbons (Fsp3) is 0.188. The lowest BCUT2D eigenvalue weighted by Crippen LogP contribution is -2.61. The summed E-state index contributed by atoms with van der Waals surface area (Å²) in [7, 11) is 0. The smallest absolute Gasteiger partial charge is 0.338 e. The lowest BCUT2D eigenvalue weighted by atomic mass is 9.77. The molecule has 1 atom stereocenters. The number of esters is 1. The molecular weight excluding hydrogens is 602 g/mol. The molecule has 4 aromatic rings. The van der Waals surface area contributed by atoms with Crippen molar-refractivity contribution in [2.75, 3.05) is 4.90 Å². The maximum Gasteiger partial charge on any atom is 0.338 e. The van der Waals surface area contributed by atoms with Gasteiger partial charge in [-0.25, -0.2) is 4.79 Å². The van der Waals surface area contributed by atoms with Gasteiger partial charge in [0.05, 0.1) is 21.7 Å². The molecule has 0 N–H and O–H groups in total. The third kappa shape index (κ3) is 4.47. The van der Waals surface area contributed by atoms with E-state index in [2.05, 4.69) is 25.3 Å². The SMILES string of the molecule is C=C(C)C(=O)Oc1ccc2ccc3c(c2c1)N=CC1(O3)N(Cc2ccc(Cl)cc2Cl)c2cc(Cl)c(Cl)cc2C1(C)C. The molecule has 2 aliphatic rings. The quantitative estimate of drug-likeness (QED) is 0.129. The van der Waals surface area contributed by atoms with Gasteiger partial charge in [-0.1, -0.05) is 71.2 Å². The van der Waals surface area contributed by atoms with E-state index < -0.39 is 17.1 Å². The van der Waals surface area contributed by atoms with Gasteiger partial charge >= 0.3 is 5.97 Å². The van der Waals surface area contributed by atoms with Crippen LogP contribution in [-0.2, 0) is 16.8 Å². The third-order valence-corrected chi connectivity index (χ3v) is 9.07. The second-order valence-electron chi connectivity index (χ2n) is 10.8. The molecule has 2 heterocycles. The number of hydrogen-bond acceptors (Lipinski definition) is 5. The normalized spacial score (nSPS) is 18.3. The first-order valence-corrected chi connectivity index (χ1v) is 14.3. The molecule has 1 unspecified atom stereocenters. The Balaban J connectivity index is 1.50. The van der Waals surface area contributed by atoms with E-state index >= 15 is 0 Å². The minimum absolute atomic E-state index is 0.313. The molecule has 0 radical (unpaired) electrons. The van der Waals surface area contributed by atoms with Gasteiger partial charge in [0.25, 0.3) is 0 Å². The van der Waals surface area contributed by atoms with Crippen LogP contribution in [0.25, 0.3) is 10.8 Å². The van der Waals surface area contributed by atoms with Crippen molar-refractivity contribution in [2.24, 2.45) is 4.99 Å². The van der Waals surface area contributed by atoms with E-state index in [4.69, 9.17) is 60.9 Å². The summed E-state index contributed by atoms with van der Waals surface area (Å²) in [5.41, 5.74) is 1.94. The number of hydrogen-bond donors (Lipinski definition) is 0. The number of ether oxygens (including phenoxy) is 2. The van der Waals surface area contributed by atoms with Gasteiger partial charge in [0, 0.05) is 33.2 Å². The first-order chi connectivity index (χ1) is 19.4. The second kappa shape index (κ2) is 9.95. The molecule has 5 nitrogen and oxygen atoms in total. The minimum atomic E-state index is -1.06. The molecule has 0 saturated heterocycles. The van der Waals surface area contributed by atoms with E-state index in [0.717, 1.165) is 27.6 Å². The molecule has 0 aromatic heterocycles. The average molecular weight is 626 g/mol. The fourth-order valence-electron chi connectivity index (χ4n) is 5.49. The van der Waals surface area contributed by atoms with Crippen molar-refractivity contribution in [2.45, 2.75) is 38.5 Å². The molecule has 6 rings (SSSR count). The van der Waals surface area contributed by atoms with Crippen LogP contribution in [-0.4, -0.2) is 17.9 Å². The summed E-state index contributed by atoms with van der Waals surface area (Å²) in [4.78, 5) is 19.3. The van der Waals surface area contributed by atoms with Crippen LogP contribution in [0, 0.1) is 0 Å². The summed E-state index contributed by atoms with van der Waals surface area (Å²) in [5, 5.41) is 3.68. The molecule has 2 aliphatic heterocycles. The number of nitrogens with zero attached hydrogens (tertiary/aromatic N) is 2. The Labute approximate surface area is 257 Å². The zero-order valence-electron chi connectivity index (χ0n) is 22.4. The summed E-state index contributed by atoms with van der Waals surface area (Å²) in [5.74, 6) is 0.479. The maximum absolute atomic E-state index is 12.1. The van der Waals surface area contributed by atoms with Gasteiger partial charge in [0.2, 0.25) is 5.72 Å². The van der Waals surface area contributed by atoms with Crippen molar-refractivity contribution in [3.05, 3.63) is 104 Å². The summed E-state index contributed by atoms with van der Waals surface area (Å²) >= 11 is 25.9. The molecular formula is C32H24Cl4N2O3. The van der Waals surface area contributed by atoms with E-state index in [1.165, 1.54) is 0 Å². The monoisotopic (exact) mass is 624 g/mol. The molecule has 208 valence electrons. The first-order valence-electron chi connectivity index (χ1n) is 12.8. The van der Waals surface area contributed by atoms with Crippen molar-refractivity contribution in [3.63, 3.8) is 0 Å². The van der Waals surface area contributed by atoms with E-state index in [9.17, 15) is 4.79 Å². The highest BCUT2D eigenvalue weighted by molar-refractivity contribution is 6.42. The number of carbonyl (C=O) groups is 1. The molecule has 1 spiro atoms. The van der Waals surface area contributed by atoms with E-state index in [1.807, 2.05) is 48.7 Å². The molecule has 0 saturated carbocycles. The number of rotatable bonds is 4. The largest absolute Gasteiger partial charge is 0.459 e. The predicted octanol–water partition coefficient (Wildman–Crippen LogP) is 9.72. The van der Waals surface area contributed by atoms with E-state index in [1.54, 1.807) is 25.1 Å². The van der Waals surface area contributed by atoms with Crippen LogP contribution in [0.5, 0.6) is 11.5 Å². The Morgan fingerprint density at radius 1 is 0.976 bits per heavy atom. The lowest BCUT2D eigenvalue weighted by Gasteiger charge is -2.46. The van der Waals surface area contributed by atoms with Crippen molar-refractivity contribution in [1.29, 1.82) is 0 Å². The zero-order valence-corrected chi connectivity index (χ0v) is 25.4. The molecule has 0 fully saturated rings. The van der Waals surface area contributed by atoms with Gasteiger partial charge in [0.15, 0.2) is 0 Å². The Morgan fingerprint density at radius 3 is 2.44 bits per heavy atom. The highest BCUT2D eigenvalue weighted by Gasteiger charge is 2.60. The number of anilines is 1. The van der Waals surface area contributed by atoms with Crippen LogP contribution in [0.4, 0.5) is 11.4 Å². The average Bonchev–Trinajstić information content (AvgIpc) is 3.08. The van der Waals surface area contributed by atoms with Crippen LogP contribution >= 0.6 is 46.4 Å². The Morgan fingerprint density at radius 2 is 1.71 bits per heavy atom. The number of halogens is 4. The molecule has 0 bridgehead atoms. The van der Waals surface area contributed by atoms with Gasteiger partial charge in [-0.15, -0.1) is 0 Å². The molecule has 4 aromatic carbocycles. The van der Waals surface area contributed by atoms with E-state index in [0.29, 0.717) is 49.4 Å². The van der Waals surface area contributed by atoms with Gasteiger partial charge < -0.3 is 14.4 Å². The van der Waals surface area contributed by atoms with Crippen molar-refractivity contribution in [1.82, 2.24) is 0 Å². The van der Waals surface area contributed by atoms with Crippen molar-refractivity contribution < 1.29 is 14.3 Å². The maximum atomic E-state index is 12.1. The lowest BCUT2D eigenvalue weighted by molar-refractivity contribution is -0.130. The molecule has 41 heavy (non-hydrogen) atoms. The Bertz CT molecular complexity index is 1820. The second-order valence-corrected chi connectivity index (χ2v) is 12.4. The Kier molecular flexibility index (Phi) is 6.78. The summed E-state index contributed by atoms with van der Waals surface area (Å²) < 4.78 is 12.5. The number of fused-ring (bicyclic) bond motifs is 4. The topological polar surface area (TPSA) is 51.1 Å². The number of benzene rings is 4. The minimum Gasteiger partial charge on any atom is -0.459 e. The standard InChI is InChI=1S/C32H24Cl4N2O3/c1-17(2)30(39)40-21-9-6-18-7-10-28-29(22(18)12-21)37-16-32(41-28)31(3,4)23-13-25(35)26(36)14-27(23)38(32)15-19-5-8-20(33)11-24(19)34/h5-14,16H,1,15H2,2-4H3. The van der Waals surface area contributed by atoms with Gasteiger partial charge in [-0.3, -0.25) is 4.99 Å². The zero-order chi connectivity index (χ0) is 29.3. The number of aliphatic imine (C=N–C) groups is 1. The Hall–Kier alpha value is -3.22. The van der Waals surface area contributed by atoms with Crippen LogP contribution in [0.3, 0.4) is 0 Å². The van der Waals surface area contributed by atoms with Gasteiger partial charge in [-0.05, 0) is 79.7 Å². The van der Waals surface area contributed by atoms with Crippen LogP contribution in [0.1, 0.15) is 31.9 Å². The highest BCUT2D eigenvalue weighted by atomic mass is 35.5. The highest BCUT2D eigenvalue weighted by Crippen LogP contribution is 2.57. The summed E-state index contributed by atoms with van der Waals surface area (Å²) in [6.07, 6.45) is 1.83. The van der Waals surface area contributed by atoms with Crippen LogP contribution in [0.2, 0.25) is 20.1 Å². The summed E-state index contributed by atoms with van der Waals surface area (Å²) in [6, 6.07) is 18.4. The van der Waals surface area contributed by atoms with Crippen LogP contribution in [0.15, 0.2) is 77.8 Å². The van der Waals surface area contributed by atoms with Crippen molar-refractivity contribution in [3.8, 4) is 11.5 Å². The number of carbonyl (C=O) groups excluding carboxylic acids is 1. The van der Waals surface area contributed by atoms with Crippen molar-refractivity contribution >= 4 is 80.7 Å². The molecule has 9 heteroatoms. The first kappa shape index (κ1) is 27.9. The molecule has 0 amide bonds. The van der Waals surface area contributed by atoms with Crippen LogP contribution < -0.4 is 14.4 Å². The van der Waals surface area contributed by atoms with Gasteiger partial charge in [0.1, 0.15) is 17.2 Å².